The predicted octanol–water partition coefficient (Wildman–Crippen LogP) is 4.43. The number of hydrogen-bond acceptors (Lipinski definition) is 9. The average molecular weight is 578 g/mol. The van der Waals surface area contributed by atoms with Gasteiger partial charge >= 0.3 is 0 Å². The summed E-state index contributed by atoms with van der Waals surface area (Å²) in [7, 11) is -5.90. The molecule has 13 heteroatoms. The fourth-order valence-electron chi connectivity index (χ4n) is 3.86. The summed E-state index contributed by atoms with van der Waals surface area (Å²) in [5.74, 6) is 0.959. The van der Waals surface area contributed by atoms with Crippen molar-refractivity contribution in [2.75, 3.05) is 36.8 Å². The number of methoxy groups -OCH3 is 1. The third-order valence-electron chi connectivity index (χ3n) is 5.90. The van der Waals surface area contributed by atoms with Crippen LogP contribution in [0.2, 0.25) is 0 Å². The maximum Gasteiger partial charge on any atom is 0.264 e. The number of rotatable bonds is 11. The van der Waals surface area contributed by atoms with Gasteiger partial charge in [0.25, 0.3) is 10.0 Å². The molecule has 0 bridgehead atoms. The fourth-order valence-corrected chi connectivity index (χ4v) is 7.17. The molecule has 1 aliphatic heterocycles. The minimum absolute atomic E-state index is 0.0583. The molecule has 2 heterocycles. The van der Waals surface area contributed by atoms with Crippen LogP contribution in [0, 0.1) is 0 Å². The molecule has 2 N–H and O–H groups in total. The molecule has 1 saturated heterocycles. The van der Waals surface area contributed by atoms with Crippen LogP contribution in [0.15, 0.2) is 74.3 Å². The van der Waals surface area contributed by atoms with Gasteiger partial charge in [-0.1, -0.05) is 25.1 Å². The lowest BCUT2D eigenvalue weighted by Gasteiger charge is -2.25. The lowest BCUT2D eigenvalue weighted by Crippen LogP contribution is -2.35. The van der Waals surface area contributed by atoms with Gasteiger partial charge in [-0.2, -0.15) is 9.29 Å². The van der Waals surface area contributed by atoms with Gasteiger partial charge in [0, 0.05) is 30.7 Å². The fraction of sp³-hybridized carbons (Fsp3) is 0.360. The Balaban J connectivity index is 1.52. The topological polar surface area (TPSA) is 131 Å². The lowest BCUT2D eigenvalue weighted by molar-refractivity contribution is 0.346. The average Bonchev–Trinajstić information content (AvgIpc) is 2.93. The molecule has 1 fully saturated rings. The van der Waals surface area contributed by atoms with E-state index in [1.54, 1.807) is 46.9 Å². The van der Waals surface area contributed by atoms with Crippen LogP contribution in [0.3, 0.4) is 0 Å². The van der Waals surface area contributed by atoms with E-state index in [0.717, 1.165) is 30.6 Å². The minimum atomic E-state index is -3.90. The van der Waals surface area contributed by atoms with Crippen molar-refractivity contribution in [2.24, 2.45) is 0 Å². The number of nitrogens with zero attached hydrogens (tertiary/aromatic N) is 3. The maximum atomic E-state index is 12.9. The Morgan fingerprint density at radius 2 is 1.61 bits per heavy atom. The van der Waals surface area contributed by atoms with Gasteiger partial charge < -0.3 is 10.1 Å². The summed E-state index contributed by atoms with van der Waals surface area (Å²) in [6, 6.07) is 12.7. The van der Waals surface area contributed by atoms with Crippen LogP contribution < -0.4 is 14.8 Å². The number of sulfonamides is 2. The van der Waals surface area contributed by atoms with Gasteiger partial charge in [0.2, 0.25) is 16.0 Å². The number of benzene rings is 2. The van der Waals surface area contributed by atoms with Gasteiger partial charge in [-0.3, -0.25) is 0 Å². The summed E-state index contributed by atoms with van der Waals surface area (Å²) >= 11 is 1.36. The zero-order valence-electron chi connectivity index (χ0n) is 21.3. The van der Waals surface area contributed by atoms with E-state index >= 15 is 0 Å². The van der Waals surface area contributed by atoms with Gasteiger partial charge in [0.15, 0.2) is 0 Å². The van der Waals surface area contributed by atoms with Gasteiger partial charge in [-0.15, -0.1) is 0 Å². The van der Waals surface area contributed by atoms with Crippen molar-refractivity contribution in [3.8, 4) is 5.75 Å². The minimum Gasteiger partial charge on any atom is -0.497 e. The summed E-state index contributed by atoms with van der Waals surface area (Å²) in [5, 5.41) is 3.22. The molecule has 0 radical (unpaired) electrons. The lowest BCUT2D eigenvalue weighted by atomic mass is 10.2. The van der Waals surface area contributed by atoms with Crippen LogP contribution in [0.4, 0.5) is 11.8 Å². The first-order valence-corrected chi connectivity index (χ1v) is 16.0. The normalized spacial score (nSPS) is 14.7. The first kappa shape index (κ1) is 28.1. The van der Waals surface area contributed by atoms with Gasteiger partial charge in [-0.05, 0) is 67.8 Å². The van der Waals surface area contributed by atoms with Gasteiger partial charge in [0.1, 0.15) is 11.6 Å². The second kappa shape index (κ2) is 12.3. The van der Waals surface area contributed by atoms with Crippen LogP contribution in [0.5, 0.6) is 5.75 Å². The van der Waals surface area contributed by atoms with Gasteiger partial charge in [0.05, 0.1) is 21.8 Å². The Bertz CT molecular complexity index is 1440. The molecule has 0 aliphatic carbocycles. The highest BCUT2D eigenvalue weighted by atomic mass is 32.2. The van der Waals surface area contributed by atoms with Crippen LogP contribution in [0.25, 0.3) is 0 Å². The van der Waals surface area contributed by atoms with E-state index in [1.165, 1.54) is 31.0 Å². The molecular weight excluding hydrogens is 547 g/mol. The highest BCUT2D eigenvalue weighted by Crippen LogP contribution is 2.34. The molecule has 10 nitrogen and oxygen atoms in total. The van der Waals surface area contributed by atoms with Crippen molar-refractivity contribution < 1.29 is 21.6 Å². The number of anilines is 2. The summed E-state index contributed by atoms with van der Waals surface area (Å²) in [6.45, 7) is 3.74. The number of hydrogen-bond donors (Lipinski definition) is 2. The molecule has 204 valence electrons. The Morgan fingerprint density at radius 1 is 0.947 bits per heavy atom. The summed E-state index contributed by atoms with van der Waals surface area (Å²) in [4.78, 5) is 10.4. The van der Waals surface area contributed by atoms with Crippen LogP contribution in [-0.4, -0.2) is 57.9 Å². The molecule has 2 aromatic carbocycles. The van der Waals surface area contributed by atoms with Crippen molar-refractivity contribution in [3.63, 3.8) is 0 Å². The SMILES string of the molecule is CCCNc1nc(NS(=O)(=O)c2ccc(OC)cc2)ncc1Sc1ccc(S(=O)(=O)N2CCCCC2)cc1. The van der Waals surface area contributed by atoms with Crippen molar-refractivity contribution in [1.29, 1.82) is 0 Å². The second-order valence-electron chi connectivity index (χ2n) is 8.65. The zero-order chi connectivity index (χ0) is 27.2. The van der Waals surface area contributed by atoms with E-state index < -0.39 is 20.0 Å². The van der Waals surface area contributed by atoms with E-state index in [0.29, 0.717) is 36.1 Å². The van der Waals surface area contributed by atoms with Crippen molar-refractivity contribution in [1.82, 2.24) is 14.3 Å². The van der Waals surface area contributed by atoms with E-state index in [9.17, 15) is 16.8 Å². The Hall–Kier alpha value is -2.87. The van der Waals surface area contributed by atoms with E-state index in [2.05, 4.69) is 20.0 Å². The number of nitrogens with one attached hydrogen (secondary N) is 2. The Labute approximate surface area is 228 Å². The second-order valence-corrected chi connectivity index (χ2v) is 13.4. The monoisotopic (exact) mass is 577 g/mol. The predicted molar refractivity (Wildman–Crippen MR) is 148 cm³/mol. The quantitative estimate of drug-likeness (QED) is 0.340. The molecule has 0 spiro atoms. The number of aromatic nitrogens is 2. The molecule has 1 aliphatic rings. The summed E-state index contributed by atoms with van der Waals surface area (Å²) in [5.41, 5.74) is 0. The molecule has 38 heavy (non-hydrogen) atoms. The third kappa shape index (κ3) is 6.76. The maximum absolute atomic E-state index is 12.9. The number of piperidine rings is 1. The van der Waals surface area contributed by atoms with Crippen molar-refractivity contribution >= 4 is 43.6 Å². The van der Waals surface area contributed by atoms with Crippen LogP contribution >= 0.6 is 11.8 Å². The van der Waals surface area contributed by atoms with Crippen molar-refractivity contribution in [3.05, 3.63) is 54.7 Å². The molecule has 0 unspecified atom stereocenters. The molecule has 3 aromatic rings. The van der Waals surface area contributed by atoms with E-state index in [4.69, 9.17) is 4.74 Å². The molecule has 0 atom stereocenters. The highest BCUT2D eigenvalue weighted by Gasteiger charge is 2.26. The summed E-state index contributed by atoms with van der Waals surface area (Å²) < 4.78 is 60.6. The van der Waals surface area contributed by atoms with Gasteiger partial charge in [-0.25, -0.2) is 26.5 Å². The Morgan fingerprint density at radius 3 is 2.24 bits per heavy atom. The first-order valence-electron chi connectivity index (χ1n) is 12.3. The smallest absolute Gasteiger partial charge is 0.264 e. The zero-order valence-corrected chi connectivity index (χ0v) is 23.7. The van der Waals surface area contributed by atoms with E-state index in [-0.39, 0.29) is 15.7 Å². The molecule has 4 rings (SSSR count). The molecular formula is C25H31N5O5S3. The Kier molecular flexibility index (Phi) is 9.13. The number of ether oxygens (including phenoxy) is 1. The van der Waals surface area contributed by atoms with E-state index in [1.807, 2.05) is 6.92 Å². The largest absolute Gasteiger partial charge is 0.497 e. The standard InChI is InChI=1S/C25H31N5O5S3/c1-3-15-26-24-23(18-27-25(28-24)29-37(31,32)21-11-7-19(35-2)8-12-21)36-20-9-13-22(14-10-20)38(33,34)30-16-5-4-6-17-30/h7-14,18H,3-6,15-17H2,1-2H3,(H2,26,27,28,29). The molecule has 1 aromatic heterocycles. The van der Waals surface area contributed by atoms with Crippen LogP contribution in [-0.2, 0) is 20.0 Å². The molecule has 0 saturated carbocycles. The molecule has 0 amide bonds. The summed E-state index contributed by atoms with van der Waals surface area (Å²) in [6.07, 6.45) is 5.20. The first-order chi connectivity index (χ1) is 18.2. The highest BCUT2D eigenvalue weighted by molar-refractivity contribution is 7.99. The van der Waals surface area contributed by atoms with Crippen LogP contribution in [0.1, 0.15) is 32.6 Å². The van der Waals surface area contributed by atoms with Crippen molar-refractivity contribution in [2.45, 2.75) is 52.2 Å². The third-order valence-corrected chi connectivity index (χ3v) is 10.2.